The van der Waals surface area contributed by atoms with E-state index in [-0.39, 0.29) is 12.5 Å². The van der Waals surface area contributed by atoms with Gasteiger partial charge in [-0.1, -0.05) is 29.4 Å². The Kier molecular flexibility index (Phi) is 6.09. The summed E-state index contributed by atoms with van der Waals surface area (Å²) < 4.78 is 10.6. The fourth-order valence-corrected chi connectivity index (χ4v) is 3.56. The molecule has 0 spiro atoms. The minimum Gasteiger partial charge on any atom is -0.485 e. The average molecular weight is 406 g/mol. The second-order valence-electron chi connectivity index (χ2n) is 7.54. The Morgan fingerprint density at radius 3 is 2.43 bits per heavy atom. The molecule has 0 unspecified atom stereocenters. The van der Waals surface area contributed by atoms with E-state index in [9.17, 15) is 4.79 Å². The first-order chi connectivity index (χ1) is 14.6. The number of nitrogens with zero attached hydrogens (tertiary/aromatic N) is 4. The molecule has 2 heterocycles. The molecule has 1 aliphatic rings. The van der Waals surface area contributed by atoms with Gasteiger partial charge < -0.3 is 14.2 Å². The van der Waals surface area contributed by atoms with Crippen molar-refractivity contribution in [3.63, 3.8) is 0 Å². The van der Waals surface area contributed by atoms with Gasteiger partial charge in [0.05, 0.1) is 0 Å². The van der Waals surface area contributed by atoms with Crippen molar-refractivity contribution in [2.24, 2.45) is 0 Å². The van der Waals surface area contributed by atoms with E-state index < -0.39 is 0 Å². The molecule has 7 nitrogen and oxygen atoms in total. The summed E-state index contributed by atoms with van der Waals surface area (Å²) in [5, 5.41) is 3.80. The number of piperazine rings is 1. The third-order valence-corrected chi connectivity index (χ3v) is 5.35. The highest BCUT2D eigenvalue weighted by Crippen LogP contribution is 2.17. The predicted molar refractivity (Wildman–Crippen MR) is 112 cm³/mol. The van der Waals surface area contributed by atoms with Gasteiger partial charge in [0.2, 0.25) is 11.7 Å². The first-order valence-electron chi connectivity index (χ1n) is 10.2. The summed E-state index contributed by atoms with van der Waals surface area (Å²) in [6, 6.07) is 15.7. The second kappa shape index (κ2) is 9.09. The molecule has 1 aliphatic heterocycles. The molecule has 0 N–H and O–H groups in total. The molecule has 1 fully saturated rings. The van der Waals surface area contributed by atoms with Gasteiger partial charge >= 0.3 is 0 Å². The topological polar surface area (TPSA) is 71.7 Å². The van der Waals surface area contributed by atoms with E-state index in [2.05, 4.69) is 46.2 Å². The molecule has 1 amide bonds. The van der Waals surface area contributed by atoms with Gasteiger partial charge in [-0.05, 0) is 42.3 Å². The summed E-state index contributed by atoms with van der Waals surface area (Å²) >= 11 is 0. The van der Waals surface area contributed by atoms with E-state index in [0.717, 1.165) is 32.7 Å². The molecule has 0 atom stereocenters. The van der Waals surface area contributed by atoms with Crippen LogP contribution >= 0.6 is 0 Å². The van der Waals surface area contributed by atoms with Crippen molar-refractivity contribution in [2.45, 2.75) is 27.0 Å². The number of ether oxygens (including phenoxy) is 1. The number of carbonyl (C=O) groups is 1. The maximum atomic E-state index is 12.8. The Labute approximate surface area is 176 Å². The Bertz CT molecular complexity index is 992. The first-order valence-corrected chi connectivity index (χ1v) is 10.2. The number of rotatable bonds is 6. The van der Waals surface area contributed by atoms with Crippen LogP contribution in [0.1, 0.15) is 33.2 Å². The van der Waals surface area contributed by atoms with E-state index in [1.54, 1.807) is 31.2 Å². The molecular formula is C23H26N4O3. The van der Waals surface area contributed by atoms with Gasteiger partial charge in [0.1, 0.15) is 5.75 Å². The van der Waals surface area contributed by atoms with Crippen LogP contribution in [0, 0.1) is 13.8 Å². The van der Waals surface area contributed by atoms with Crippen molar-refractivity contribution in [1.82, 2.24) is 19.9 Å². The zero-order valence-electron chi connectivity index (χ0n) is 17.4. The molecule has 0 bridgehead atoms. The maximum absolute atomic E-state index is 12.8. The molecule has 0 radical (unpaired) electrons. The monoisotopic (exact) mass is 406 g/mol. The lowest BCUT2D eigenvalue weighted by atomic mass is 10.1. The molecule has 0 aliphatic carbocycles. The van der Waals surface area contributed by atoms with Gasteiger partial charge in [-0.15, -0.1) is 0 Å². The van der Waals surface area contributed by atoms with Crippen LogP contribution in [0.4, 0.5) is 0 Å². The van der Waals surface area contributed by atoms with E-state index in [1.807, 2.05) is 4.90 Å². The molecule has 30 heavy (non-hydrogen) atoms. The smallest absolute Gasteiger partial charge is 0.253 e. The van der Waals surface area contributed by atoms with E-state index in [0.29, 0.717) is 23.0 Å². The number of aromatic nitrogens is 2. The van der Waals surface area contributed by atoms with Gasteiger partial charge in [-0.2, -0.15) is 4.98 Å². The van der Waals surface area contributed by atoms with Crippen molar-refractivity contribution in [1.29, 1.82) is 0 Å². The summed E-state index contributed by atoms with van der Waals surface area (Å²) in [7, 11) is 0. The zero-order valence-corrected chi connectivity index (χ0v) is 17.4. The zero-order chi connectivity index (χ0) is 20.9. The SMILES string of the molecule is Cc1nc(COc2ccc(C(=O)N3CCN(Cc4ccccc4C)CC3)cc2)no1. The number of aryl methyl sites for hydroxylation is 2. The quantitative estimate of drug-likeness (QED) is 0.626. The van der Waals surface area contributed by atoms with E-state index in [1.165, 1.54) is 11.1 Å². The minimum atomic E-state index is 0.0610. The van der Waals surface area contributed by atoms with Crippen LogP contribution in [-0.4, -0.2) is 52.0 Å². The van der Waals surface area contributed by atoms with Crippen molar-refractivity contribution < 1.29 is 14.1 Å². The molecule has 3 aromatic rings. The standard InChI is InChI=1S/C23H26N4O3/c1-17-5-3-4-6-20(17)15-26-11-13-27(14-12-26)23(28)19-7-9-21(10-8-19)29-16-22-24-18(2)30-25-22/h3-10H,11-16H2,1-2H3. The van der Waals surface area contributed by atoms with Crippen molar-refractivity contribution in [3.05, 3.63) is 76.9 Å². The third-order valence-electron chi connectivity index (χ3n) is 5.35. The van der Waals surface area contributed by atoms with Gasteiger partial charge in [0, 0.05) is 45.2 Å². The van der Waals surface area contributed by atoms with Crippen molar-refractivity contribution in [3.8, 4) is 5.75 Å². The molecular weight excluding hydrogens is 380 g/mol. The summed E-state index contributed by atoms with van der Waals surface area (Å²) in [5.74, 6) is 1.73. The highest BCUT2D eigenvalue weighted by Gasteiger charge is 2.22. The van der Waals surface area contributed by atoms with Crippen LogP contribution in [0.25, 0.3) is 0 Å². The predicted octanol–water partition coefficient (Wildman–Crippen LogP) is 3.22. The first kappa shape index (κ1) is 20.1. The van der Waals surface area contributed by atoms with E-state index in [4.69, 9.17) is 9.26 Å². The molecule has 7 heteroatoms. The Hall–Kier alpha value is -3.19. The fraction of sp³-hybridized carbons (Fsp3) is 0.348. The maximum Gasteiger partial charge on any atom is 0.253 e. The second-order valence-corrected chi connectivity index (χ2v) is 7.54. The number of carbonyl (C=O) groups excluding carboxylic acids is 1. The average Bonchev–Trinajstić information content (AvgIpc) is 3.19. The number of hydrogen-bond acceptors (Lipinski definition) is 6. The number of benzene rings is 2. The lowest BCUT2D eigenvalue weighted by Crippen LogP contribution is -2.48. The molecule has 156 valence electrons. The van der Waals surface area contributed by atoms with Crippen LogP contribution in [-0.2, 0) is 13.2 Å². The number of amides is 1. The largest absolute Gasteiger partial charge is 0.485 e. The fourth-order valence-electron chi connectivity index (χ4n) is 3.56. The van der Waals surface area contributed by atoms with Gasteiger partial charge in [-0.25, -0.2) is 0 Å². The highest BCUT2D eigenvalue weighted by molar-refractivity contribution is 5.94. The van der Waals surface area contributed by atoms with Crippen LogP contribution in [0.2, 0.25) is 0 Å². The molecule has 1 aromatic heterocycles. The van der Waals surface area contributed by atoms with Crippen molar-refractivity contribution in [2.75, 3.05) is 26.2 Å². The van der Waals surface area contributed by atoms with Gasteiger partial charge in [0.15, 0.2) is 6.61 Å². The van der Waals surface area contributed by atoms with Crippen LogP contribution in [0.15, 0.2) is 53.1 Å². The van der Waals surface area contributed by atoms with Crippen LogP contribution in [0.3, 0.4) is 0 Å². The Morgan fingerprint density at radius 2 is 1.77 bits per heavy atom. The summed E-state index contributed by atoms with van der Waals surface area (Å²) in [6.45, 7) is 8.27. The molecule has 1 saturated heterocycles. The van der Waals surface area contributed by atoms with E-state index >= 15 is 0 Å². The minimum absolute atomic E-state index is 0.0610. The van der Waals surface area contributed by atoms with Crippen LogP contribution < -0.4 is 4.74 Å². The lowest BCUT2D eigenvalue weighted by molar-refractivity contribution is 0.0628. The third kappa shape index (κ3) is 4.86. The summed E-state index contributed by atoms with van der Waals surface area (Å²) in [5.41, 5.74) is 3.33. The molecule has 0 saturated carbocycles. The van der Waals surface area contributed by atoms with Gasteiger partial charge in [-0.3, -0.25) is 9.69 Å². The molecule has 2 aromatic carbocycles. The van der Waals surface area contributed by atoms with Crippen molar-refractivity contribution >= 4 is 5.91 Å². The summed E-state index contributed by atoms with van der Waals surface area (Å²) in [4.78, 5) is 21.3. The summed E-state index contributed by atoms with van der Waals surface area (Å²) in [6.07, 6.45) is 0. The van der Waals surface area contributed by atoms with Gasteiger partial charge in [0.25, 0.3) is 5.91 Å². The Morgan fingerprint density at radius 1 is 1.03 bits per heavy atom. The van der Waals surface area contributed by atoms with Crippen LogP contribution in [0.5, 0.6) is 5.75 Å². The lowest BCUT2D eigenvalue weighted by Gasteiger charge is -2.35. The Balaban J connectivity index is 1.28. The number of hydrogen-bond donors (Lipinski definition) is 0. The highest BCUT2D eigenvalue weighted by atomic mass is 16.5. The molecule has 4 rings (SSSR count). The normalized spacial score (nSPS) is 14.7.